The first-order valence-corrected chi connectivity index (χ1v) is 11.3. The lowest BCUT2D eigenvalue weighted by Gasteiger charge is -2.40. The third-order valence-corrected chi connectivity index (χ3v) is 6.47. The molecular formula is C25H31NO6. The van der Waals surface area contributed by atoms with E-state index in [9.17, 15) is 9.59 Å². The van der Waals surface area contributed by atoms with Gasteiger partial charge in [-0.2, -0.15) is 0 Å². The molecule has 2 aromatic rings. The minimum Gasteiger partial charge on any atom is -0.493 e. The van der Waals surface area contributed by atoms with Crippen molar-refractivity contribution >= 4 is 5.97 Å². The highest BCUT2D eigenvalue weighted by molar-refractivity contribution is 5.89. The number of esters is 1. The second-order valence-corrected chi connectivity index (χ2v) is 8.38. The van der Waals surface area contributed by atoms with Gasteiger partial charge in [0.25, 0.3) is 0 Å². The summed E-state index contributed by atoms with van der Waals surface area (Å²) in [5, 5.41) is 0. The van der Waals surface area contributed by atoms with Crippen LogP contribution in [-0.4, -0.2) is 44.6 Å². The van der Waals surface area contributed by atoms with Crippen molar-refractivity contribution in [3.8, 4) is 22.8 Å². The maximum atomic E-state index is 12.8. The highest BCUT2D eigenvalue weighted by Gasteiger charge is 2.35. The average Bonchev–Trinajstić information content (AvgIpc) is 2.75. The minimum absolute atomic E-state index is 0.0911. The molecule has 7 nitrogen and oxygen atoms in total. The van der Waals surface area contributed by atoms with Gasteiger partial charge in [-0.15, -0.1) is 0 Å². The van der Waals surface area contributed by atoms with Crippen LogP contribution in [0.15, 0.2) is 29.2 Å². The number of pyridine rings is 1. The molecule has 32 heavy (non-hydrogen) atoms. The lowest BCUT2D eigenvalue weighted by Crippen LogP contribution is -2.33. The molecule has 0 saturated heterocycles. The number of benzene rings is 1. The number of rotatable bonds is 9. The van der Waals surface area contributed by atoms with E-state index in [0.717, 1.165) is 42.5 Å². The van der Waals surface area contributed by atoms with Gasteiger partial charge in [-0.25, -0.2) is 4.79 Å². The number of methoxy groups -OCH3 is 2. The van der Waals surface area contributed by atoms with E-state index in [2.05, 4.69) is 4.57 Å². The van der Waals surface area contributed by atoms with Crippen molar-refractivity contribution in [3.05, 3.63) is 45.7 Å². The average molecular weight is 442 g/mol. The third-order valence-electron chi connectivity index (χ3n) is 6.47. The van der Waals surface area contributed by atoms with Gasteiger partial charge in [0, 0.05) is 44.0 Å². The van der Waals surface area contributed by atoms with Crippen LogP contribution in [0.3, 0.4) is 0 Å². The number of aromatic nitrogens is 1. The quantitative estimate of drug-likeness (QED) is 0.432. The maximum Gasteiger partial charge on any atom is 0.343 e. The molecule has 1 fully saturated rings. The first-order chi connectivity index (χ1) is 15.6. The Balaban J connectivity index is 1.77. The van der Waals surface area contributed by atoms with Gasteiger partial charge < -0.3 is 23.5 Å². The predicted molar refractivity (Wildman–Crippen MR) is 121 cm³/mol. The molecule has 1 unspecified atom stereocenters. The minimum atomic E-state index is -0.566. The van der Waals surface area contributed by atoms with E-state index in [1.165, 1.54) is 6.42 Å². The number of ether oxygens (including phenoxy) is 4. The molecule has 0 N–H and O–H groups in total. The van der Waals surface area contributed by atoms with Gasteiger partial charge in [0.1, 0.15) is 5.56 Å². The summed E-state index contributed by atoms with van der Waals surface area (Å²) in [5.74, 6) is 1.28. The Hall–Kier alpha value is -2.80. The van der Waals surface area contributed by atoms with Crippen LogP contribution in [0.5, 0.6) is 11.5 Å². The zero-order valence-electron chi connectivity index (χ0n) is 19.0. The van der Waals surface area contributed by atoms with E-state index in [4.69, 9.17) is 18.9 Å². The van der Waals surface area contributed by atoms with Crippen LogP contribution in [-0.2, 0) is 15.9 Å². The number of fused-ring (bicyclic) bond motifs is 3. The van der Waals surface area contributed by atoms with Gasteiger partial charge in [0.15, 0.2) is 16.9 Å². The van der Waals surface area contributed by atoms with Gasteiger partial charge in [-0.3, -0.25) is 4.79 Å². The molecule has 1 atom stereocenters. The van der Waals surface area contributed by atoms with Gasteiger partial charge in [0.05, 0.1) is 26.0 Å². The molecule has 2 heterocycles. The first kappa shape index (κ1) is 22.4. The van der Waals surface area contributed by atoms with Gasteiger partial charge >= 0.3 is 5.97 Å². The highest BCUT2D eigenvalue weighted by Crippen LogP contribution is 2.46. The molecule has 0 amide bonds. The summed E-state index contributed by atoms with van der Waals surface area (Å²) in [6.45, 7) is 3.14. The molecule has 1 aromatic carbocycles. The highest BCUT2D eigenvalue weighted by atomic mass is 16.5. The third kappa shape index (κ3) is 4.26. The van der Waals surface area contributed by atoms with E-state index in [-0.39, 0.29) is 23.6 Å². The molecule has 1 aliphatic carbocycles. The molecule has 1 aliphatic heterocycles. The van der Waals surface area contributed by atoms with Gasteiger partial charge in [-0.1, -0.05) is 6.42 Å². The Morgan fingerprint density at radius 3 is 2.59 bits per heavy atom. The van der Waals surface area contributed by atoms with Crippen molar-refractivity contribution < 1.29 is 23.7 Å². The molecule has 172 valence electrons. The lowest BCUT2D eigenvalue weighted by atomic mass is 9.75. The molecule has 2 aliphatic rings. The summed E-state index contributed by atoms with van der Waals surface area (Å²) in [7, 11) is 3.29. The van der Waals surface area contributed by atoms with E-state index in [1.54, 1.807) is 33.4 Å². The van der Waals surface area contributed by atoms with Crippen LogP contribution < -0.4 is 14.9 Å². The fourth-order valence-corrected chi connectivity index (χ4v) is 4.61. The van der Waals surface area contributed by atoms with Crippen molar-refractivity contribution in [2.45, 2.75) is 45.1 Å². The molecular weight excluding hydrogens is 410 g/mol. The second kappa shape index (κ2) is 9.77. The van der Waals surface area contributed by atoms with Crippen molar-refractivity contribution in [1.82, 2.24) is 4.57 Å². The largest absolute Gasteiger partial charge is 0.493 e. The van der Waals surface area contributed by atoms with E-state index < -0.39 is 5.97 Å². The van der Waals surface area contributed by atoms with Crippen LogP contribution in [0.4, 0.5) is 0 Å². The molecule has 1 saturated carbocycles. The van der Waals surface area contributed by atoms with Crippen molar-refractivity contribution in [3.63, 3.8) is 0 Å². The van der Waals surface area contributed by atoms with Crippen molar-refractivity contribution in [2.75, 3.05) is 34.0 Å². The Kier molecular flexibility index (Phi) is 6.84. The summed E-state index contributed by atoms with van der Waals surface area (Å²) < 4.78 is 23.9. The Labute approximate surface area is 188 Å². The van der Waals surface area contributed by atoms with E-state index in [1.807, 2.05) is 12.1 Å². The number of nitrogens with zero attached hydrogens (tertiary/aromatic N) is 1. The zero-order chi connectivity index (χ0) is 22.7. The van der Waals surface area contributed by atoms with Crippen LogP contribution in [0.2, 0.25) is 0 Å². The summed E-state index contributed by atoms with van der Waals surface area (Å²) in [6.07, 6.45) is 6.81. The standard InChI is InChI=1S/C25H31NO6/c1-4-31-25(28)19-15-26-20(16-7-5-8-16)11-17-12-24(32-10-6-9-29-2)23(30-3)13-18(17)21(26)14-22(19)27/h12-16,20H,4-11H2,1-3H3. The second-order valence-electron chi connectivity index (χ2n) is 8.38. The normalized spacial score (nSPS) is 17.2. The van der Waals surface area contributed by atoms with Crippen molar-refractivity contribution in [1.29, 1.82) is 0 Å². The zero-order valence-corrected chi connectivity index (χ0v) is 19.0. The smallest absolute Gasteiger partial charge is 0.343 e. The summed E-state index contributed by atoms with van der Waals surface area (Å²) in [4.78, 5) is 25.2. The van der Waals surface area contributed by atoms with Gasteiger partial charge in [-0.05, 0) is 49.8 Å². The molecule has 4 rings (SSSR count). The van der Waals surface area contributed by atoms with Gasteiger partial charge in [0.2, 0.25) is 0 Å². The topological polar surface area (TPSA) is 76.0 Å². The molecule has 0 radical (unpaired) electrons. The fourth-order valence-electron chi connectivity index (χ4n) is 4.61. The number of carbonyl (C=O) groups excluding carboxylic acids is 1. The van der Waals surface area contributed by atoms with E-state index in [0.29, 0.717) is 30.6 Å². The summed E-state index contributed by atoms with van der Waals surface area (Å²) in [5.41, 5.74) is 2.65. The van der Waals surface area contributed by atoms with Crippen LogP contribution >= 0.6 is 0 Å². The SMILES string of the molecule is CCOC(=O)c1cn2c(cc1=O)-c1cc(OC)c(OCCCOC)cc1CC2C1CCC1. The number of hydrogen-bond donors (Lipinski definition) is 0. The Morgan fingerprint density at radius 1 is 1.12 bits per heavy atom. The molecule has 7 heteroatoms. The van der Waals surface area contributed by atoms with Crippen LogP contribution in [0.1, 0.15) is 54.6 Å². The number of carbonyl (C=O) groups is 1. The molecule has 1 aromatic heterocycles. The number of hydrogen-bond acceptors (Lipinski definition) is 6. The Bertz CT molecular complexity index is 1040. The molecule has 0 bridgehead atoms. The molecule has 0 spiro atoms. The van der Waals surface area contributed by atoms with E-state index >= 15 is 0 Å². The summed E-state index contributed by atoms with van der Waals surface area (Å²) >= 11 is 0. The van der Waals surface area contributed by atoms with Crippen LogP contribution in [0.25, 0.3) is 11.3 Å². The summed E-state index contributed by atoms with van der Waals surface area (Å²) in [6, 6.07) is 5.73. The first-order valence-electron chi connectivity index (χ1n) is 11.3. The Morgan fingerprint density at radius 2 is 1.94 bits per heavy atom. The maximum absolute atomic E-state index is 12.8. The van der Waals surface area contributed by atoms with Crippen LogP contribution in [0, 0.1) is 5.92 Å². The predicted octanol–water partition coefficient (Wildman–Crippen LogP) is 4.01. The van der Waals surface area contributed by atoms with Crippen molar-refractivity contribution in [2.24, 2.45) is 5.92 Å². The fraction of sp³-hybridized carbons (Fsp3) is 0.520. The lowest BCUT2D eigenvalue weighted by molar-refractivity contribution is 0.0523. The monoisotopic (exact) mass is 441 g/mol.